The van der Waals surface area contributed by atoms with Gasteiger partial charge in [-0.25, -0.2) is 4.79 Å². The molecule has 0 aliphatic carbocycles. The van der Waals surface area contributed by atoms with E-state index in [4.69, 9.17) is 5.11 Å². The number of aliphatic carboxylic acids is 1. The zero-order valence-corrected chi connectivity index (χ0v) is 11.8. The second-order valence-electron chi connectivity index (χ2n) is 4.11. The SMILES string of the molecule is O=C(/C=C/c1ccccc1)N/C(=C\c1cccs1)C(=O)O. The van der Waals surface area contributed by atoms with E-state index < -0.39 is 11.9 Å². The molecular weight excluding hydrogens is 286 g/mol. The van der Waals surface area contributed by atoms with Gasteiger partial charge in [0.1, 0.15) is 5.70 Å². The molecular formula is C16H13NO3S. The van der Waals surface area contributed by atoms with Crippen molar-refractivity contribution in [2.24, 2.45) is 0 Å². The molecule has 21 heavy (non-hydrogen) atoms. The number of nitrogens with one attached hydrogen (secondary N) is 1. The standard InChI is InChI=1S/C16H13NO3S/c18-15(9-8-12-5-2-1-3-6-12)17-14(16(19)20)11-13-7-4-10-21-13/h1-11H,(H,17,18)(H,19,20)/b9-8+,14-11-. The predicted molar refractivity (Wildman–Crippen MR) is 83.6 cm³/mol. The quantitative estimate of drug-likeness (QED) is 0.834. The van der Waals surface area contributed by atoms with Gasteiger partial charge in [-0.3, -0.25) is 4.79 Å². The molecule has 0 bridgehead atoms. The van der Waals surface area contributed by atoms with Crippen LogP contribution in [0.4, 0.5) is 0 Å². The summed E-state index contributed by atoms with van der Waals surface area (Å²) in [6.45, 7) is 0. The maximum absolute atomic E-state index is 11.8. The van der Waals surface area contributed by atoms with Crippen LogP contribution in [-0.4, -0.2) is 17.0 Å². The average molecular weight is 299 g/mol. The van der Waals surface area contributed by atoms with Gasteiger partial charge >= 0.3 is 5.97 Å². The molecule has 106 valence electrons. The van der Waals surface area contributed by atoms with E-state index in [0.29, 0.717) is 0 Å². The van der Waals surface area contributed by atoms with Crippen LogP contribution < -0.4 is 5.32 Å². The Morgan fingerprint density at radius 2 is 1.86 bits per heavy atom. The molecule has 1 heterocycles. The number of carboxylic acid groups (broad SMARTS) is 1. The lowest BCUT2D eigenvalue weighted by Crippen LogP contribution is -2.25. The largest absolute Gasteiger partial charge is 0.477 e. The van der Waals surface area contributed by atoms with Crippen LogP contribution in [0.25, 0.3) is 12.2 Å². The van der Waals surface area contributed by atoms with E-state index in [1.807, 2.05) is 41.8 Å². The van der Waals surface area contributed by atoms with Gasteiger partial charge in [0.15, 0.2) is 0 Å². The van der Waals surface area contributed by atoms with Gasteiger partial charge in [0.25, 0.3) is 0 Å². The number of hydrogen-bond acceptors (Lipinski definition) is 3. The van der Waals surface area contributed by atoms with Crippen molar-refractivity contribution in [2.75, 3.05) is 0 Å². The van der Waals surface area contributed by atoms with E-state index in [0.717, 1.165) is 10.4 Å². The molecule has 0 radical (unpaired) electrons. The van der Waals surface area contributed by atoms with Gasteiger partial charge in [0, 0.05) is 11.0 Å². The van der Waals surface area contributed by atoms with Gasteiger partial charge in [0.2, 0.25) is 5.91 Å². The van der Waals surface area contributed by atoms with Gasteiger partial charge in [-0.1, -0.05) is 36.4 Å². The lowest BCUT2D eigenvalue weighted by molar-refractivity contribution is -0.134. The first kappa shape index (κ1) is 14.7. The molecule has 0 unspecified atom stereocenters. The number of amides is 1. The third-order valence-corrected chi connectivity index (χ3v) is 3.36. The first-order valence-corrected chi connectivity index (χ1v) is 7.06. The minimum absolute atomic E-state index is 0.153. The molecule has 1 aromatic carbocycles. The first-order valence-electron chi connectivity index (χ1n) is 6.18. The third-order valence-electron chi connectivity index (χ3n) is 2.54. The number of carboxylic acids is 1. The lowest BCUT2D eigenvalue weighted by Gasteiger charge is -2.02. The molecule has 1 amide bonds. The Kier molecular flexibility index (Phi) is 5.06. The number of carbonyl (C=O) groups is 2. The predicted octanol–water partition coefficient (Wildman–Crippen LogP) is 3.00. The van der Waals surface area contributed by atoms with Crippen LogP contribution in [0, 0.1) is 0 Å². The maximum atomic E-state index is 11.8. The van der Waals surface area contributed by atoms with Gasteiger partial charge < -0.3 is 10.4 Å². The third kappa shape index (κ3) is 4.74. The highest BCUT2D eigenvalue weighted by molar-refractivity contribution is 7.10. The van der Waals surface area contributed by atoms with E-state index in [9.17, 15) is 9.59 Å². The summed E-state index contributed by atoms with van der Waals surface area (Å²) in [4.78, 5) is 23.7. The molecule has 0 fully saturated rings. The molecule has 2 rings (SSSR count). The molecule has 0 atom stereocenters. The Morgan fingerprint density at radius 3 is 2.48 bits per heavy atom. The Bertz CT molecular complexity index is 673. The van der Waals surface area contributed by atoms with Crippen molar-refractivity contribution in [1.82, 2.24) is 5.32 Å². The zero-order chi connectivity index (χ0) is 15.1. The topological polar surface area (TPSA) is 66.4 Å². The Hall–Kier alpha value is -2.66. The van der Waals surface area contributed by atoms with E-state index in [1.165, 1.54) is 23.5 Å². The normalized spacial score (nSPS) is 11.5. The smallest absolute Gasteiger partial charge is 0.352 e. The molecule has 5 heteroatoms. The zero-order valence-electron chi connectivity index (χ0n) is 11.0. The number of rotatable bonds is 5. The van der Waals surface area contributed by atoms with Crippen LogP contribution in [0.1, 0.15) is 10.4 Å². The summed E-state index contributed by atoms with van der Waals surface area (Å²) >= 11 is 1.40. The summed E-state index contributed by atoms with van der Waals surface area (Å²) in [5.41, 5.74) is 0.715. The highest BCUT2D eigenvalue weighted by Crippen LogP contribution is 2.12. The van der Waals surface area contributed by atoms with Crippen molar-refractivity contribution in [1.29, 1.82) is 0 Å². The summed E-state index contributed by atoms with van der Waals surface area (Å²) in [7, 11) is 0. The van der Waals surface area contributed by atoms with Crippen molar-refractivity contribution in [3.8, 4) is 0 Å². The van der Waals surface area contributed by atoms with E-state index >= 15 is 0 Å². The Morgan fingerprint density at radius 1 is 1.10 bits per heavy atom. The Balaban J connectivity index is 2.06. The number of hydrogen-bond donors (Lipinski definition) is 2. The van der Waals surface area contributed by atoms with Gasteiger partial charge in [-0.15, -0.1) is 11.3 Å². The second kappa shape index (κ2) is 7.21. The van der Waals surface area contributed by atoms with Crippen LogP contribution in [0.5, 0.6) is 0 Å². The molecule has 2 aromatic rings. The summed E-state index contributed by atoms with van der Waals surface area (Å²) in [6, 6.07) is 12.9. The highest BCUT2D eigenvalue weighted by Gasteiger charge is 2.10. The molecule has 1 aromatic heterocycles. The highest BCUT2D eigenvalue weighted by atomic mass is 32.1. The van der Waals surface area contributed by atoms with E-state index in [2.05, 4.69) is 5.32 Å². The van der Waals surface area contributed by atoms with Crippen LogP contribution >= 0.6 is 11.3 Å². The summed E-state index contributed by atoms with van der Waals surface area (Å²) in [5.74, 6) is -1.66. The van der Waals surface area contributed by atoms with Gasteiger partial charge in [-0.2, -0.15) is 0 Å². The molecule has 0 aliphatic rings. The fraction of sp³-hybridized carbons (Fsp3) is 0. The van der Waals surface area contributed by atoms with Crippen LogP contribution in [0.2, 0.25) is 0 Å². The average Bonchev–Trinajstić information content (AvgIpc) is 2.98. The minimum Gasteiger partial charge on any atom is -0.477 e. The fourth-order valence-electron chi connectivity index (χ4n) is 1.58. The Labute approximate surface area is 126 Å². The molecule has 0 saturated heterocycles. The maximum Gasteiger partial charge on any atom is 0.352 e. The first-order chi connectivity index (χ1) is 10.1. The van der Waals surface area contributed by atoms with Crippen LogP contribution in [-0.2, 0) is 9.59 Å². The van der Waals surface area contributed by atoms with Crippen molar-refractivity contribution >= 4 is 35.4 Å². The summed E-state index contributed by atoms with van der Waals surface area (Å²) in [6.07, 6.45) is 4.36. The number of carbonyl (C=O) groups excluding carboxylic acids is 1. The van der Waals surface area contributed by atoms with Crippen molar-refractivity contribution in [3.05, 3.63) is 70.1 Å². The van der Waals surface area contributed by atoms with E-state index in [1.54, 1.807) is 12.1 Å². The fourth-order valence-corrected chi connectivity index (χ4v) is 2.23. The van der Waals surface area contributed by atoms with Crippen molar-refractivity contribution in [2.45, 2.75) is 0 Å². The minimum atomic E-state index is -1.18. The van der Waals surface area contributed by atoms with Crippen LogP contribution in [0.3, 0.4) is 0 Å². The van der Waals surface area contributed by atoms with Crippen molar-refractivity contribution < 1.29 is 14.7 Å². The molecule has 4 nitrogen and oxygen atoms in total. The molecule has 0 aliphatic heterocycles. The lowest BCUT2D eigenvalue weighted by atomic mass is 10.2. The van der Waals surface area contributed by atoms with Gasteiger partial charge in [0.05, 0.1) is 0 Å². The second-order valence-corrected chi connectivity index (χ2v) is 5.09. The molecule has 0 spiro atoms. The van der Waals surface area contributed by atoms with Gasteiger partial charge in [-0.05, 0) is 29.2 Å². The molecule has 2 N–H and O–H groups in total. The monoisotopic (exact) mass is 299 g/mol. The summed E-state index contributed by atoms with van der Waals surface area (Å²) < 4.78 is 0. The van der Waals surface area contributed by atoms with Crippen molar-refractivity contribution in [3.63, 3.8) is 0 Å². The van der Waals surface area contributed by atoms with Crippen LogP contribution in [0.15, 0.2) is 59.6 Å². The molecule has 0 saturated carbocycles. The number of benzene rings is 1. The number of thiophene rings is 1. The van der Waals surface area contributed by atoms with E-state index in [-0.39, 0.29) is 5.70 Å². The summed E-state index contributed by atoms with van der Waals surface area (Å²) in [5, 5.41) is 13.3.